The quantitative estimate of drug-likeness (QED) is 0.533. The lowest BCUT2D eigenvalue weighted by molar-refractivity contribution is 0.0780. The Kier molecular flexibility index (Phi) is 5.90. The molecule has 190 valence electrons. The zero-order valence-electron chi connectivity index (χ0n) is 19.7. The molecule has 36 heavy (non-hydrogen) atoms. The van der Waals surface area contributed by atoms with Crippen molar-refractivity contribution in [2.24, 2.45) is 11.8 Å². The van der Waals surface area contributed by atoms with Crippen LogP contribution in [0.3, 0.4) is 0 Å². The van der Waals surface area contributed by atoms with Crippen molar-refractivity contribution in [1.82, 2.24) is 25.0 Å². The monoisotopic (exact) mass is 501 g/mol. The van der Waals surface area contributed by atoms with Gasteiger partial charge in [0.05, 0.1) is 19.0 Å². The molecule has 0 radical (unpaired) electrons. The molecule has 1 saturated heterocycles. The van der Waals surface area contributed by atoms with Gasteiger partial charge in [0.2, 0.25) is 11.8 Å². The SMILES string of the molecule is COc1cc(N2C[C@H]3CC[C@@H](C2)C3Nc2nc3n(n2)CCCO[C@@H]3c2ccc(F)c(F)c2F)cnn1. The summed E-state index contributed by atoms with van der Waals surface area (Å²) in [7, 11) is 1.57. The maximum Gasteiger partial charge on any atom is 0.242 e. The Balaban J connectivity index is 1.23. The third-order valence-corrected chi connectivity index (χ3v) is 7.40. The fourth-order valence-electron chi connectivity index (χ4n) is 5.66. The normalized spacial score (nSPS) is 25.4. The highest BCUT2D eigenvalue weighted by Crippen LogP contribution is 2.40. The number of aromatic nitrogens is 5. The van der Waals surface area contributed by atoms with Crippen LogP contribution in [-0.4, -0.2) is 57.8 Å². The molecule has 2 aromatic heterocycles. The van der Waals surface area contributed by atoms with Crippen molar-refractivity contribution in [2.45, 2.75) is 38.0 Å². The van der Waals surface area contributed by atoms with Crippen LogP contribution in [-0.2, 0) is 11.3 Å². The van der Waals surface area contributed by atoms with Crippen molar-refractivity contribution >= 4 is 11.6 Å². The summed E-state index contributed by atoms with van der Waals surface area (Å²) in [4.78, 5) is 6.95. The minimum atomic E-state index is -1.52. The number of hydrogen-bond acceptors (Lipinski definition) is 8. The van der Waals surface area contributed by atoms with E-state index in [0.29, 0.717) is 49.1 Å². The minimum absolute atomic E-state index is 0.0919. The van der Waals surface area contributed by atoms with E-state index in [0.717, 1.165) is 37.7 Å². The Hall–Kier alpha value is -3.41. The van der Waals surface area contributed by atoms with E-state index in [1.54, 1.807) is 18.0 Å². The number of ether oxygens (including phenoxy) is 2. The molecular weight excluding hydrogens is 475 g/mol. The summed E-state index contributed by atoms with van der Waals surface area (Å²) in [5.74, 6) is -1.97. The Morgan fingerprint density at radius 3 is 2.69 bits per heavy atom. The van der Waals surface area contributed by atoms with Crippen LogP contribution in [0.25, 0.3) is 0 Å². The number of halogens is 3. The first-order valence-electron chi connectivity index (χ1n) is 12.1. The number of hydrogen-bond donors (Lipinski definition) is 1. The summed E-state index contributed by atoms with van der Waals surface area (Å²) in [5, 5.41) is 16.1. The third kappa shape index (κ3) is 4.02. The zero-order chi connectivity index (χ0) is 24.8. The molecule has 2 fully saturated rings. The molecule has 0 amide bonds. The van der Waals surface area contributed by atoms with Crippen LogP contribution in [0.1, 0.15) is 36.8 Å². The number of anilines is 2. The summed E-state index contributed by atoms with van der Waals surface area (Å²) >= 11 is 0. The summed E-state index contributed by atoms with van der Waals surface area (Å²) in [6, 6.07) is 4.19. The molecule has 1 aromatic carbocycles. The lowest BCUT2D eigenvalue weighted by Gasteiger charge is -2.39. The van der Waals surface area contributed by atoms with Crippen LogP contribution < -0.4 is 15.0 Å². The average molecular weight is 502 g/mol. The predicted octanol–water partition coefficient (Wildman–Crippen LogP) is 3.33. The standard InChI is InChI=1S/C24H26F3N7O2/c1-35-18-9-15(10-28-31-18)33-11-13-3-4-14(12-33)21(13)29-24-30-23-22(36-8-2-7-34(23)32-24)16-5-6-17(25)20(27)19(16)26/h5-6,9-10,13-14,21-22H,2-4,7-8,11-12H2,1H3,(H,29,32)/t13-,14+,21?,22-/m1/s1. The molecule has 3 aliphatic rings. The van der Waals surface area contributed by atoms with E-state index in [1.807, 2.05) is 6.07 Å². The summed E-state index contributed by atoms with van der Waals surface area (Å²) in [6.07, 6.45) is 3.58. The smallest absolute Gasteiger partial charge is 0.242 e. The van der Waals surface area contributed by atoms with Crippen LogP contribution in [0, 0.1) is 29.3 Å². The van der Waals surface area contributed by atoms with Gasteiger partial charge in [-0.05, 0) is 43.2 Å². The maximum atomic E-state index is 14.6. The van der Waals surface area contributed by atoms with Crippen LogP contribution in [0.4, 0.5) is 24.8 Å². The van der Waals surface area contributed by atoms with Gasteiger partial charge in [0.1, 0.15) is 6.10 Å². The zero-order valence-corrected chi connectivity index (χ0v) is 19.7. The van der Waals surface area contributed by atoms with Crippen LogP contribution in [0.2, 0.25) is 0 Å². The number of piperidine rings is 1. The topological polar surface area (TPSA) is 90.2 Å². The Morgan fingerprint density at radius 2 is 1.92 bits per heavy atom. The second-order valence-corrected chi connectivity index (χ2v) is 9.51. The Morgan fingerprint density at radius 1 is 1.11 bits per heavy atom. The number of aryl methyl sites for hydroxylation is 1. The van der Waals surface area contributed by atoms with Crippen molar-refractivity contribution in [3.63, 3.8) is 0 Å². The van der Waals surface area contributed by atoms with Crippen molar-refractivity contribution in [3.05, 3.63) is 53.2 Å². The predicted molar refractivity (Wildman–Crippen MR) is 123 cm³/mol. The number of nitrogens with one attached hydrogen (secondary N) is 1. The second-order valence-electron chi connectivity index (χ2n) is 9.51. The second kappa shape index (κ2) is 9.23. The molecule has 0 spiro atoms. The Bertz CT molecular complexity index is 1260. The largest absolute Gasteiger partial charge is 0.480 e. The molecule has 4 atom stereocenters. The van der Waals surface area contributed by atoms with E-state index in [9.17, 15) is 13.2 Å². The van der Waals surface area contributed by atoms with Gasteiger partial charge in [-0.3, -0.25) is 0 Å². The van der Waals surface area contributed by atoms with Crippen LogP contribution >= 0.6 is 0 Å². The van der Waals surface area contributed by atoms with Gasteiger partial charge in [0, 0.05) is 43.9 Å². The van der Waals surface area contributed by atoms with Crippen LogP contribution in [0.5, 0.6) is 5.88 Å². The van der Waals surface area contributed by atoms with Gasteiger partial charge in [0.25, 0.3) is 0 Å². The highest BCUT2D eigenvalue weighted by Gasteiger charge is 2.43. The molecule has 4 heterocycles. The first-order valence-corrected chi connectivity index (χ1v) is 12.1. The minimum Gasteiger partial charge on any atom is -0.480 e. The van der Waals surface area contributed by atoms with Gasteiger partial charge in [-0.1, -0.05) is 0 Å². The summed E-state index contributed by atoms with van der Waals surface area (Å²) < 4.78 is 54.8. The number of rotatable bonds is 5. The molecule has 1 saturated carbocycles. The number of benzene rings is 1. The van der Waals surface area contributed by atoms with Crippen molar-refractivity contribution < 1.29 is 22.6 Å². The molecule has 2 aliphatic heterocycles. The van der Waals surface area contributed by atoms with Crippen molar-refractivity contribution in [2.75, 3.05) is 37.0 Å². The van der Waals surface area contributed by atoms with E-state index < -0.39 is 23.6 Å². The van der Waals surface area contributed by atoms with E-state index in [1.165, 1.54) is 6.07 Å². The molecule has 3 aromatic rings. The van der Waals surface area contributed by atoms with Gasteiger partial charge in [0.15, 0.2) is 23.3 Å². The van der Waals surface area contributed by atoms with Gasteiger partial charge in [-0.25, -0.2) is 17.9 Å². The average Bonchev–Trinajstić information content (AvgIpc) is 3.30. The van der Waals surface area contributed by atoms with Crippen molar-refractivity contribution in [3.8, 4) is 5.88 Å². The molecule has 6 rings (SSSR count). The molecule has 2 bridgehead atoms. The lowest BCUT2D eigenvalue weighted by Crippen LogP contribution is -2.48. The Labute approximate surface area is 205 Å². The highest BCUT2D eigenvalue weighted by atomic mass is 19.2. The van der Waals surface area contributed by atoms with Gasteiger partial charge < -0.3 is 19.7 Å². The van der Waals surface area contributed by atoms with E-state index in [4.69, 9.17) is 9.47 Å². The van der Waals surface area contributed by atoms with Crippen LogP contribution in [0.15, 0.2) is 24.4 Å². The maximum absolute atomic E-state index is 14.6. The summed E-state index contributed by atoms with van der Waals surface area (Å²) in [6.45, 7) is 2.56. The third-order valence-electron chi connectivity index (χ3n) is 7.40. The fraction of sp³-hybridized carbons (Fsp3) is 0.500. The van der Waals surface area contributed by atoms with E-state index in [2.05, 4.69) is 30.5 Å². The number of nitrogens with zero attached hydrogens (tertiary/aromatic N) is 6. The molecule has 1 N–H and O–H groups in total. The van der Waals surface area contributed by atoms with E-state index in [-0.39, 0.29) is 11.6 Å². The highest BCUT2D eigenvalue weighted by molar-refractivity contribution is 5.48. The number of methoxy groups -OCH3 is 1. The van der Waals surface area contributed by atoms with Gasteiger partial charge >= 0.3 is 0 Å². The molecule has 9 nitrogen and oxygen atoms in total. The fourth-order valence-corrected chi connectivity index (χ4v) is 5.66. The van der Waals surface area contributed by atoms with Gasteiger partial charge in [-0.15, -0.1) is 10.2 Å². The lowest BCUT2D eigenvalue weighted by atomic mass is 9.92. The summed E-state index contributed by atoms with van der Waals surface area (Å²) in [5.41, 5.74) is 0.892. The van der Waals surface area contributed by atoms with Gasteiger partial charge in [-0.2, -0.15) is 10.1 Å². The molecular formula is C24H26F3N7O2. The molecule has 1 unspecified atom stereocenters. The molecule has 12 heteroatoms. The number of fused-ring (bicyclic) bond motifs is 3. The first kappa shape index (κ1) is 23.0. The molecule has 1 aliphatic carbocycles. The van der Waals surface area contributed by atoms with Crippen molar-refractivity contribution in [1.29, 1.82) is 0 Å². The first-order chi connectivity index (χ1) is 17.5. The van der Waals surface area contributed by atoms with E-state index >= 15 is 0 Å².